The molecule has 1 aromatic heterocycles. The highest BCUT2D eigenvalue weighted by molar-refractivity contribution is 7.10. The largest absolute Gasteiger partial charge is 0.497 e. The highest BCUT2D eigenvalue weighted by atomic mass is 32.1. The smallest absolute Gasteiger partial charge is 0.169 e. The minimum Gasteiger partial charge on any atom is -0.497 e. The van der Waals surface area contributed by atoms with Gasteiger partial charge in [0, 0.05) is 23.4 Å². The normalized spacial score (nSPS) is 10.2. The van der Waals surface area contributed by atoms with Crippen molar-refractivity contribution in [2.24, 2.45) is 0 Å². The lowest BCUT2D eigenvalue weighted by molar-refractivity contribution is 0.350. The molecular weight excluding hydrogens is 274 g/mol. The standard InChI is InChI=1S/C15H17NO3S/c1-9(2)12-8-16-20-15(12)11-6-10(17-3)7-13(18-4)14(11)19-5/h6-8H,1H2,2-5H3. The van der Waals surface area contributed by atoms with Gasteiger partial charge in [0.05, 0.1) is 26.2 Å². The monoisotopic (exact) mass is 291 g/mol. The molecule has 2 aromatic rings. The second kappa shape index (κ2) is 5.96. The van der Waals surface area contributed by atoms with Crippen molar-refractivity contribution in [1.82, 2.24) is 4.37 Å². The zero-order chi connectivity index (χ0) is 14.7. The van der Waals surface area contributed by atoms with Gasteiger partial charge < -0.3 is 14.2 Å². The third kappa shape index (κ3) is 2.49. The van der Waals surface area contributed by atoms with Crippen LogP contribution < -0.4 is 14.2 Å². The molecular formula is C15H17NO3S. The van der Waals surface area contributed by atoms with E-state index in [4.69, 9.17) is 14.2 Å². The predicted octanol–water partition coefficient (Wildman–Crippen LogP) is 3.87. The highest BCUT2D eigenvalue weighted by Crippen LogP contribution is 2.44. The van der Waals surface area contributed by atoms with E-state index in [1.54, 1.807) is 27.4 Å². The molecule has 5 heteroatoms. The Kier molecular flexibility index (Phi) is 4.29. The Morgan fingerprint density at radius 2 is 1.90 bits per heavy atom. The van der Waals surface area contributed by atoms with Gasteiger partial charge in [0.2, 0.25) is 0 Å². The number of ether oxygens (including phenoxy) is 3. The van der Waals surface area contributed by atoms with Gasteiger partial charge in [0.15, 0.2) is 11.5 Å². The molecule has 0 saturated heterocycles. The molecule has 0 aliphatic rings. The SMILES string of the molecule is C=C(C)c1cnsc1-c1cc(OC)cc(OC)c1OC. The van der Waals surface area contributed by atoms with Gasteiger partial charge in [-0.25, -0.2) is 0 Å². The van der Waals surface area contributed by atoms with Crippen LogP contribution in [0.4, 0.5) is 0 Å². The third-order valence-corrected chi connectivity index (χ3v) is 3.80. The molecule has 0 bridgehead atoms. The molecule has 0 aliphatic carbocycles. The van der Waals surface area contributed by atoms with E-state index in [2.05, 4.69) is 11.0 Å². The molecule has 20 heavy (non-hydrogen) atoms. The van der Waals surface area contributed by atoms with Crippen molar-refractivity contribution in [3.63, 3.8) is 0 Å². The van der Waals surface area contributed by atoms with Crippen LogP contribution in [0.1, 0.15) is 12.5 Å². The number of nitrogens with zero attached hydrogens (tertiary/aromatic N) is 1. The molecule has 1 aromatic carbocycles. The summed E-state index contributed by atoms with van der Waals surface area (Å²) in [5.41, 5.74) is 2.85. The molecule has 0 radical (unpaired) electrons. The van der Waals surface area contributed by atoms with Gasteiger partial charge in [-0.05, 0) is 30.1 Å². The fraction of sp³-hybridized carbons (Fsp3) is 0.267. The zero-order valence-electron chi connectivity index (χ0n) is 12.0. The number of hydrogen-bond donors (Lipinski definition) is 0. The number of rotatable bonds is 5. The average molecular weight is 291 g/mol. The summed E-state index contributed by atoms with van der Waals surface area (Å²) in [7, 11) is 4.85. The van der Waals surface area contributed by atoms with E-state index >= 15 is 0 Å². The first kappa shape index (κ1) is 14.4. The lowest BCUT2D eigenvalue weighted by atomic mass is 10.0. The van der Waals surface area contributed by atoms with Gasteiger partial charge in [-0.15, -0.1) is 0 Å². The van der Waals surface area contributed by atoms with Crippen molar-refractivity contribution in [2.45, 2.75) is 6.92 Å². The Balaban J connectivity index is 2.71. The summed E-state index contributed by atoms with van der Waals surface area (Å²) in [6.45, 7) is 5.94. The fourth-order valence-corrected chi connectivity index (χ4v) is 2.80. The minimum absolute atomic E-state index is 0.628. The average Bonchev–Trinajstić information content (AvgIpc) is 2.95. The molecule has 0 unspecified atom stereocenters. The molecule has 106 valence electrons. The van der Waals surface area contributed by atoms with Gasteiger partial charge in [0.25, 0.3) is 0 Å². The van der Waals surface area contributed by atoms with Crippen LogP contribution in [0.3, 0.4) is 0 Å². The van der Waals surface area contributed by atoms with Crippen molar-refractivity contribution in [1.29, 1.82) is 0 Å². The Bertz CT molecular complexity index is 634. The van der Waals surface area contributed by atoms with Crippen LogP contribution in [0.2, 0.25) is 0 Å². The Morgan fingerprint density at radius 3 is 2.45 bits per heavy atom. The van der Waals surface area contributed by atoms with Gasteiger partial charge >= 0.3 is 0 Å². The van der Waals surface area contributed by atoms with E-state index in [9.17, 15) is 0 Å². The van der Waals surface area contributed by atoms with Crippen molar-refractivity contribution < 1.29 is 14.2 Å². The Labute approximate surface area is 122 Å². The summed E-state index contributed by atoms with van der Waals surface area (Å²) in [6.07, 6.45) is 1.81. The topological polar surface area (TPSA) is 40.6 Å². The van der Waals surface area contributed by atoms with Gasteiger partial charge in [0.1, 0.15) is 5.75 Å². The van der Waals surface area contributed by atoms with Crippen LogP contribution in [0.25, 0.3) is 16.0 Å². The lowest BCUT2D eigenvalue weighted by Gasteiger charge is -2.14. The summed E-state index contributed by atoms with van der Waals surface area (Å²) in [5, 5.41) is 0. The Morgan fingerprint density at radius 1 is 1.15 bits per heavy atom. The summed E-state index contributed by atoms with van der Waals surface area (Å²) in [4.78, 5) is 0.992. The molecule has 1 heterocycles. The summed E-state index contributed by atoms with van der Waals surface area (Å²) >= 11 is 1.40. The second-order valence-corrected chi connectivity index (χ2v) is 5.06. The van der Waals surface area contributed by atoms with Crippen molar-refractivity contribution in [3.8, 4) is 27.7 Å². The quantitative estimate of drug-likeness (QED) is 0.838. The highest BCUT2D eigenvalue weighted by Gasteiger charge is 2.19. The second-order valence-electron chi connectivity index (χ2n) is 4.26. The first-order chi connectivity index (χ1) is 9.62. The number of benzene rings is 1. The lowest BCUT2D eigenvalue weighted by Crippen LogP contribution is -1.95. The van der Waals surface area contributed by atoms with Crippen LogP contribution in [-0.4, -0.2) is 25.7 Å². The van der Waals surface area contributed by atoms with E-state index in [-0.39, 0.29) is 0 Å². The van der Waals surface area contributed by atoms with Crippen molar-refractivity contribution in [2.75, 3.05) is 21.3 Å². The summed E-state index contributed by atoms with van der Waals surface area (Å²) < 4.78 is 20.4. The minimum atomic E-state index is 0.628. The first-order valence-electron chi connectivity index (χ1n) is 6.03. The summed E-state index contributed by atoms with van der Waals surface area (Å²) in [5.74, 6) is 2.00. The van der Waals surface area contributed by atoms with E-state index in [1.165, 1.54) is 11.5 Å². The number of aromatic nitrogens is 1. The van der Waals surface area contributed by atoms with Gasteiger partial charge in [-0.1, -0.05) is 6.58 Å². The molecule has 0 atom stereocenters. The summed E-state index contributed by atoms with van der Waals surface area (Å²) in [6, 6.07) is 3.71. The molecule has 0 amide bonds. The van der Waals surface area contributed by atoms with Crippen LogP contribution in [0.5, 0.6) is 17.2 Å². The molecule has 2 rings (SSSR count). The van der Waals surface area contributed by atoms with Gasteiger partial charge in [-0.2, -0.15) is 4.37 Å². The van der Waals surface area contributed by atoms with Gasteiger partial charge in [-0.3, -0.25) is 0 Å². The van der Waals surface area contributed by atoms with E-state index in [1.807, 2.05) is 19.2 Å². The number of allylic oxidation sites excluding steroid dienone is 1. The Hall–Kier alpha value is -2.01. The molecule has 0 saturated carbocycles. The number of hydrogen-bond acceptors (Lipinski definition) is 5. The fourth-order valence-electron chi connectivity index (χ4n) is 1.96. The predicted molar refractivity (Wildman–Crippen MR) is 81.9 cm³/mol. The van der Waals surface area contributed by atoms with Crippen molar-refractivity contribution >= 4 is 17.1 Å². The number of methoxy groups -OCH3 is 3. The van der Waals surface area contributed by atoms with Crippen LogP contribution in [-0.2, 0) is 0 Å². The van der Waals surface area contributed by atoms with E-state index in [0.717, 1.165) is 21.6 Å². The van der Waals surface area contributed by atoms with Crippen LogP contribution in [0.15, 0.2) is 24.9 Å². The first-order valence-corrected chi connectivity index (χ1v) is 6.80. The van der Waals surface area contributed by atoms with E-state index in [0.29, 0.717) is 17.2 Å². The maximum Gasteiger partial charge on any atom is 0.169 e. The van der Waals surface area contributed by atoms with Crippen molar-refractivity contribution in [3.05, 3.63) is 30.5 Å². The van der Waals surface area contributed by atoms with Crippen LogP contribution >= 0.6 is 11.5 Å². The zero-order valence-corrected chi connectivity index (χ0v) is 12.8. The third-order valence-electron chi connectivity index (χ3n) is 2.96. The molecule has 0 aliphatic heterocycles. The maximum atomic E-state index is 5.49. The van der Waals surface area contributed by atoms with E-state index < -0.39 is 0 Å². The van der Waals surface area contributed by atoms with Crippen LogP contribution in [0, 0.1) is 0 Å². The molecule has 0 spiro atoms. The molecule has 4 nitrogen and oxygen atoms in total. The molecule has 0 N–H and O–H groups in total. The molecule has 0 fully saturated rings. The maximum absolute atomic E-state index is 5.49.